The van der Waals surface area contributed by atoms with Crippen LogP contribution in [-0.4, -0.2) is 68.4 Å². The topological polar surface area (TPSA) is 87.0 Å². The normalized spacial score (nSPS) is 18.7. The molecule has 0 saturated carbocycles. The number of hydrogen-bond acceptors (Lipinski definition) is 6. The van der Waals surface area contributed by atoms with Crippen molar-refractivity contribution >= 4 is 21.4 Å². The summed E-state index contributed by atoms with van der Waals surface area (Å²) in [5, 5.41) is 11.9. The van der Waals surface area contributed by atoms with Gasteiger partial charge in [0.2, 0.25) is 10.0 Å². The van der Waals surface area contributed by atoms with E-state index in [9.17, 15) is 18.5 Å². The van der Waals surface area contributed by atoms with Gasteiger partial charge in [-0.25, -0.2) is 8.42 Å². The molecule has 0 aliphatic carbocycles. The van der Waals surface area contributed by atoms with Crippen LogP contribution in [0.25, 0.3) is 0 Å². The Bertz CT molecular complexity index is 1050. The van der Waals surface area contributed by atoms with E-state index in [1.807, 2.05) is 23.1 Å². The molecule has 0 N–H and O–H groups in total. The lowest BCUT2D eigenvalue weighted by molar-refractivity contribution is -0.384. The zero-order valence-corrected chi connectivity index (χ0v) is 19.8. The molecule has 0 atom stereocenters. The van der Waals surface area contributed by atoms with Crippen LogP contribution in [-0.2, 0) is 16.4 Å². The van der Waals surface area contributed by atoms with Crippen molar-refractivity contribution < 1.29 is 13.3 Å². The van der Waals surface area contributed by atoms with Gasteiger partial charge in [-0.15, -0.1) is 0 Å². The van der Waals surface area contributed by atoms with Crippen LogP contribution in [0.15, 0.2) is 53.4 Å². The summed E-state index contributed by atoms with van der Waals surface area (Å²) in [6.45, 7) is 4.88. The summed E-state index contributed by atoms with van der Waals surface area (Å²) in [5.74, 6) is 0. The largest absolute Gasteiger partial charge is 0.363 e. The maximum atomic E-state index is 13.1. The van der Waals surface area contributed by atoms with Crippen LogP contribution in [0, 0.1) is 10.1 Å². The van der Waals surface area contributed by atoms with Crippen LogP contribution < -0.4 is 4.90 Å². The first-order valence-electron chi connectivity index (χ1n) is 11.7. The van der Waals surface area contributed by atoms with Gasteiger partial charge in [-0.05, 0) is 37.0 Å². The van der Waals surface area contributed by atoms with Gasteiger partial charge in [0, 0.05) is 51.9 Å². The van der Waals surface area contributed by atoms with Crippen LogP contribution in [0.2, 0.25) is 0 Å². The number of piperazine rings is 1. The van der Waals surface area contributed by atoms with Crippen molar-refractivity contribution in [2.24, 2.45) is 0 Å². The van der Waals surface area contributed by atoms with E-state index >= 15 is 0 Å². The van der Waals surface area contributed by atoms with E-state index in [-0.39, 0.29) is 10.6 Å². The number of benzene rings is 2. The molecule has 4 rings (SSSR count). The average molecular weight is 473 g/mol. The Hall–Kier alpha value is -2.49. The Morgan fingerprint density at radius 2 is 1.52 bits per heavy atom. The number of hydrogen-bond donors (Lipinski definition) is 0. The summed E-state index contributed by atoms with van der Waals surface area (Å²) >= 11 is 0. The quantitative estimate of drug-likeness (QED) is 0.453. The highest BCUT2D eigenvalue weighted by atomic mass is 32.2. The third kappa shape index (κ3) is 5.72. The average Bonchev–Trinajstić information content (AvgIpc) is 3.14. The van der Waals surface area contributed by atoms with E-state index < -0.39 is 14.9 Å². The van der Waals surface area contributed by atoms with Crippen molar-refractivity contribution in [3.05, 3.63) is 64.2 Å². The molecule has 2 fully saturated rings. The number of nitro benzene ring substituents is 1. The van der Waals surface area contributed by atoms with E-state index in [1.165, 1.54) is 22.0 Å². The fourth-order valence-electron chi connectivity index (χ4n) is 4.65. The highest BCUT2D eigenvalue weighted by Crippen LogP contribution is 2.33. The number of nitrogens with zero attached hydrogens (tertiary/aromatic N) is 4. The Morgan fingerprint density at radius 1 is 0.848 bits per heavy atom. The molecule has 0 spiro atoms. The van der Waals surface area contributed by atoms with Crippen LogP contribution in [0.4, 0.5) is 11.4 Å². The standard InChI is InChI=1S/C24H32N4O4S/c29-28(30)24-20-22(33(31,32)27-13-6-1-2-7-14-27)10-11-23(24)26-18-16-25(17-19-26)15-12-21-8-4-3-5-9-21/h3-5,8-11,20H,1-2,6-7,12-19H2. The highest BCUT2D eigenvalue weighted by Gasteiger charge is 2.30. The van der Waals surface area contributed by atoms with Crippen LogP contribution in [0.5, 0.6) is 0 Å². The van der Waals surface area contributed by atoms with Crippen LogP contribution >= 0.6 is 0 Å². The van der Waals surface area contributed by atoms with Gasteiger partial charge in [0.15, 0.2) is 0 Å². The van der Waals surface area contributed by atoms with Gasteiger partial charge in [-0.1, -0.05) is 43.2 Å². The SMILES string of the molecule is O=[N+]([O-])c1cc(S(=O)(=O)N2CCCCCC2)ccc1N1CCN(CCc2ccccc2)CC1. The Labute approximate surface area is 196 Å². The first-order chi connectivity index (χ1) is 15.9. The molecule has 2 aliphatic heterocycles. The van der Waals surface area contributed by atoms with E-state index in [4.69, 9.17) is 0 Å². The van der Waals surface area contributed by atoms with E-state index in [0.29, 0.717) is 31.9 Å². The summed E-state index contributed by atoms with van der Waals surface area (Å²) < 4.78 is 27.7. The number of sulfonamides is 1. The minimum absolute atomic E-state index is 0.0151. The lowest BCUT2D eigenvalue weighted by Crippen LogP contribution is -2.47. The second-order valence-corrected chi connectivity index (χ2v) is 10.7. The molecular weight excluding hydrogens is 440 g/mol. The highest BCUT2D eigenvalue weighted by molar-refractivity contribution is 7.89. The maximum absolute atomic E-state index is 13.1. The molecule has 2 heterocycles. The van der Waals surface area contributed by atoms with Gasteiger partial charge in [0.1, 0.15) is 5.69 Å². The van der Waals surface area contributed by atoms with E-state index in [1.54, 1.807) is 6.07 Å². The minimum Gasteiger partial charge on any atom is -0.363 e. The second-order valence-electron chi connectivity index (χ2n) is 8.79. The number of rotatable bonds is 7. The molecule has 0 radical (unpaired) electrons. The zero-order chi connectivity index (χ0) is 23.3. The molecule has 2 aromatic carbocycles. The van der Waals surface area contributed by atoms with Gasteiger partial charge in [0.05, 0.1) is 9.82 Å². The Morgan fingerprint density at radius 3 is 2.15 bits per heavy atom. The second kappa shape index (κ2) is 10.6. The van der Waals surface area contributed by atoms with E-state index in [2.05, 4.69) is 17.0 Å². The number of nitro groups is 1. The monoisotopic (exact) mass is 472 g/mol. The van der Waals surface area contributed by atoms with Gasteiger partial charge in [-0.3, -0.25) is 15.0 Å². The molecule has 2 aliphatic rings. The predicted molar refractivity (Wildman–Crippen MR) is 129 cm³/mol. The van der Waals surface area contributed by atoms with Crippen LogP contribution in [0.3, 0.4) is 0 Å². The van der Waals surface area contributed by atoms with Crippen molar-refractivity contribution in [3.63, 3.8) is 0 Å². The molecule has 2 aromatic rings. The van der Waals surface area contributed by atoms with Crippen molar-refractivity contribution in [1.82, 2.24) is 9.21 Å². The Balaban J connectivity index is 1.44. The predicted octanol–water partition coefficient (Wildman–Crippen LogP) is 3.52. The van der Waals surface area contributed by atoms with Gasteiger partial charge in [0.25, 0.3) is 5.69 Å². The molecule has 8 nitrogen and oxygen atoms in total. The Kier molecular flexibility index (Phi) is 7.62. The summed E-state index contributed by atoms with van der Waals surface area (Å²) in [4.78, 5) is 15.8. The molecule has 178 valence electrons. The molecule has 33 heavy (non-hydrogen) atoms. The molecule has 0 aromatic heterocycles. The lowest BCUT2D eigenvalue weighted by atomic mass is 10.1. The number of anilines is 1. The fourth-order valence-corrected chi connectivity index (χ4v) is 6.19. The first kappa shape index (κ1) is 23.7. The summed E-state index contributed by atoms with van der Waals surface area (Å²) in [7, 11) is -3.73. The molecular formula is C24H32N4O4S. The smallest absolute Gasteiger partial charge is 0.293 e. The molecule has 2 saturated heterocycles. The molecule has 0 amide bonds. The summed E-state index contributed by atoms with van der Waals surface area (Å²) in [5.41, 5.74) is 1.66. The van der Waals surface area contributed by atoms with Crippen molar-refractivity contribution in [1.29, 1.82) is 0 Å². The molecule has 0 unspecified atom stereocenters. The van der Waals surface area contributed by atoms with Crippen LogP contribution in [0.1, 0.15) is 31.2 Å². The van der Waals surface area contributed by atoms with Crippen molar-refractivity contribution in [3.8, 4) is 0 Å². The third-order valence-corrected chi connectivity index (χ3v) is 8.51. The summed E-state index contributed by atoms with van der Waals surface area (Å²) in [6, 6.07) is 14.7. The molecule has 9 heteroatoms. The first-order valence-corrected chi connectivity index (χ1v) is 13.2. The zero-order valence-electron chi connectivity index (χ0n) is 18.9. The van der Waals surface area contributed by atoms with Gasteiger partial charge >= 0.3 is 0 Å². The van der Waals surface area contributed by atoms with Gasteiger partial charge in [-0.2, -0.15) is 4.31 Å². The lowest BCUT2D eigenvalue weighted by Gasteiger charge is -2.36. The fraction of sp³-hybridized carbons (Fsp3) is 0.500. The maximum Gasteiger partial charge on any atom is 0.293 e. The van der Waals surface area contributed by atoms with Gasteiger partial charge < -0.3 is 4.90 Å². The third-order valence-electron chi connectivity index (χ3n) is 6.62. The van der Waals surface area contributed by atoms with Crippen molar-refractivity contribution in [2.45, 2.75) is 37.0 Å². The van der Waals surface area contributed by atoms with E-state index in [0.717, 1.165) is 51.7 Å². The minimum atomic E-state index is -3.73. The molecule has 0 bridgehead atoms. The van der Waals surface area contributed by atoms with Crippen molar-refractivity contribution in [2.75, 3.05) is 50.7 Å². The summed E-state index contributed by atoms with van der Waals surface area (Å²) in [6.07, 6.45) is 4.66.